The number of carbonyl (C=O) groups is 1. The lowest BCUT2D eigenvalue weighted by atomic mass is 10.0. The summed E-state index contributed by atoms with van der Waals surface area (Å²) in [6.45, 7) is 5.42. The van der Waals surface area contributed by atoms with Gasteiger partial charge in [-0.15, -0.1) is 0 Å². The number of piperidine rings is 2. The predicted octanol–water partition coefficient (Wildman–Crippen LogP) is 1.20. The zero-order valence-electron chi connectivity index (χ0n) is 11.6. The van der Waals surface area contributed by atoms with Gasteiger partial charge in [-0.25, -0.2) is 0 Å². The fourth-order valence-corrected chi connectivity index (χ4v) is 3.27. The quantitative estimate of drug-likeness (QED) is 0.822. The highest BCUT2D eigenvalue weighted by Gasteiger charge is 2.28. The van der Waals surface area contributed by atoms with Crippen LogP contribution in [0.15, 0.2) is 0 Å². The number of carbonyl (C=O) groups excluding carboxylic acids is 1. The highest BCUT2D eigenvalue weighted by Crippen LogP contribution is 2.19. The first-order valence-electron chi connectivity index (χ1n) is 7.46. The van der Waals surface area contributed by atoms with Crippen molar-refractivity contribution in [3.63, 3.8) is 0 Å². The Labute approximate surface area is 110 Å². The SMILES string of the molecule is CC1CCCCN1C(=O)CN1CCCCC1CN. The molecule has 18 heavy (non-hydrogen) atoms. The van der Waals surface area contributed by atoms with Crippen molar-refractivity contribution in [1.29, 1.82) is 0 Å². The summed E-state index contributed by atoms with van der Waals surface area (Å²) in [6, 6.07) is 0.843. The van der Waals surface area contributed by atoms with Gasteiger partial charge in [-0.05, 0) is 45.6 Å². The van der Waals surface area contributed by atoms with Crippen molar-refractivity contribution < 1.29 is 4.79 Å². The minimum Gasteiger partial charge on any atom is -0.339 e. The fraction of sp³-hybridized carbons (Fsp3) is 0.929. The normalized spacial score (nSPS) is 30.4. The summed E-state index contributed by atoms with van der Waals surface area (Å²) >= 11 is 0. The molecule has 0 aromatic heterocycles. The summed E-state index contributed by atoms with van der Waals surface area (Å²) in [6.07, 6.45) is 7.20. The summed E-state index contributed by atoms with van der Waals surface area (Å²) in [7, 11) is 0. The summed E-state index contributed by atoms with van der Waals surface area (Å²) in [4.78, 5) is 16.8. The molecule has 2 atom stereocenters. The molecule has 0 spiro atoms. The van der Waals surface area contributed by atoms with Crippen LogP contribution in [0.5, 0.6) is 0 Å². The van der Waals surface area contributed by atoms with Crippen molar-refractivity contribution in [2.45, 2.75) is 57.5 Å². The molecule has 2 rings (SSSR count). The number of nitrogens with two attached hydrogens (primary N) is 1. The molecule has 0 bridgehead atoms. The third-order valence-electron chi connectivity index (χ3n) is 4.48. The zero-order chi connectivity index (χ0) is 13.0. The summed E-state index contributed by atoms with van der Waals surface area (Å²) in [5.41, 5.74) is 5.81. The van der Waals surface area contributed by atoms with Crippen LogP contribution < -0.4 is 5.73 Å². The second-order valence-electron chi connectivity index (χ2n) is 5.79. The van der Waals surface area contributed by atoms with E-state index in [0.717, 1.165) is 32.4 Å². The summed E-state index contributed by atoms with van der Waals surface area (Å²) in [5.74, 6) is 0.308. The number of hydrogen-bond acceptors (Lipinski definition) is 3. The van der Waals surface area contributed by atoms with E-state index in [9.17, 15) is 4.79 Å². The maximum absolute atomic E-state index is 12.4. The average molecular weight is 253 g/mol. The zero-order valence-corrected chi connectivity index (χ0v) is 11.6. The topological polar surface area (TPSA) is 49.6 Å². The molecule has 2 fully saturated rings. The van der Waals surface area contributed by atoms with Crippen LogP contribution in [0.1, 0.15) is 45.4 Å². The smallest absolute Gasteiger partial charge is 0.236 e. The minimum absolute atomic E-state index is 0.308. The molecule has 4 nitrogen and oxygen atoms in total. The Bertz CT molecular complexity index is 282. The predicted molar refractivity (Wildman–Crippen MR) is 73.3 cm³/mol. The molecule has 0 radical (unpaired) electrons. The molecule has 0 aromatic rings. The van der Waals surface area contributed by atoms with Crippen LogP contribution in [0.4, 0.5) is 0 Å². The van der Waals surface area contributed by atoms with E-state index in [4.69, 9.17) is 5.73 Å². The molecule has 0 aliphatic carbocycles. The van der Waals surface area contributed by atoms with Gasteiger partial charge in [0.15, 0.2) is 0 Å². The van der Waals surface area contributed by atoms with E-state index in [2.05, 4.69) is 16.7 Å². The van der Waals surface area contributed by atoms with E-state index in [-0.39, 0.29) is 0 Å². The largest absolute Gasteiger partial charge is 0.339 e. The van der Waals surface area contributed by atoms with Crippen LogP contribution in [0.2, 0.25) is 0 Å². The Kier molecular flexibility index (Phi) is 5.01. The Morgan fingerprint density at radius 3 is 2.61 bits per heavy atom. The van der Waals surface area contributed by atoms with Crippen molar-refractivity contribution >= 4 is 5.91 Å². The lowest BCUT2D eigenvalue weighted by molar-refractivity contribution is -0.136. The van der Waals surface area contributed by atoms with Crippen molar-refractivity contribution in [2.24, 2.45) is 5.73 Å². The molecule has 104 valence electrons. The second kappa shape index (κ2) is 6.53. The molecule has 2 saturated heterocycles. The highest BCUT2D eigenvalue weighted by molar-refractivity contribution is 5.78. The van der Waals surface area contributed by atoms with E-state index in [1.807, 2.05) is 0 Å². The Morgan fingerprint density at radius 1 is 1.17 bits per heavy atom. The molecule has 2 N–H and O–H groups in total. The van der Waals surface area contributed by atoms with Crippen LogP contribution in [0, 0.1) is 0 Å². The molecular weight excluding hydrogens is 226 g/mol. The van der Waals surface area contributed by atoms with Crippen molar-refractivity contribution in [2.75, 3.05) is 26.2 Å². The summed E-state index contributed by atoms with van der Waals surface area (Å²) in [5, 5.41) is 0. The van der Waals surface area contributed by atoms with Crippen LogP contribution in [-0.2, 0) is 4.79 Å². The van der Waals surface area contributed by atoms with Gasteiger partial charge >= 0.3 is 0 Å². The van der Waals surface area contributed by atoms with E-state index >= 15 is 0 Å². The molecule has 2 unspecified atom stereocenters. The average Bonchev–Trinajstić information content (AvgIpc) is 2.39. The highest BCUT2D eigenvalue weighted by atomic mass is 16.2. The Balaban J connectivity index is 1.88. The number of nitrogens with zero attached hydrogens (tertiary/aromatic N) is 2. The Hall–Kier alpha value is -0.610. The molecule has 2 aliphatic rings. The third kappa shape index (κ3) is 3.23. The van der Waals surface area contributed by atoms with Gasteiger partial charge in [0, 0.05) is 25.2 Å². The molecular formula is C14H27N3O. The van der Waals surface area contributed by atoms with Gasteiger partial charge in [-0.1, -0.05) is 6.42 Å². The van der Waals surface area contributed by atoms with Crippen LogP contribution >= 0.6 is 0 Å². The standard InChI is InChI=1S/C14H27N3O/c1-12-6-2-5-9-17(12)14(18)11-16-8-4-3-7-13(16)10-15/h12-13H,2-11,15H2,1H3. The molecule has 0 aromatic carbocycles. The summed E-state index contributed by atoms with van der Waals surface area (Å²) < 4.78 is 0. The molecule has 4 heteroatoms. The van der Waals surface area contributed by atoms with Crippen molar-refractivity contribution in [1.82, 2.24) is 9.80 Å². The van der Waals surface area contributed by atoms with E-state index < -0.39 is 0 Å². The first-order chi connectivity index (χ1) is 8.72. The van der Waals surface area contributed by atoms with Crippen molar-refractivity contribution in [3.8, 4) is 0 Å². The Morgan fingerprint density at radius 2 is 1.89 bits per heavy atom. The van der Waals surface area contributed by atoms with Crippen LogP contribution in [0.3, 0.4) is 0 Å². The third-order valence-corrected chi connectivity index (χ3v) is 4.48. The van der Waals surface area contributed by atoms with E-state index in [0.29, 0.717) is 31.1 Å². The van der Waals surface area contributed by atoms with Crippen LogP contribution in [0.25, 0.3) is 0 Å². The van der Waals surface area contributed by atoms with Crippen molar-refractivity contribution in [3.05, 3.63) is 0 Å². The minimum atomic E-state index is 0.308. The monoisotopic (exact) mass is 253 g/mol. The van der Waals surface area contributed by atoms with Crippen LogP contribution in [-0.4, -0.2) is 54.0 Å². The molecule has 0 saturated carbocycles. The molecule has 2 heterocycles. The van der Waals surface area contributed by atoms with Gasteiger partial charge < -0.3 is 10.6 Å². The molecule has 1 amide bonds. The number of rotatable bonds is 3. The number of hydrogen-bond donors (Lipinski definition) is 1. The van der Waals surface area contributed by atoms with Gasteiger partial charge in [0.25, 0.3) is 0 Å². The lowest BCUT2D eigenvalue weighted by Crippen LogP contribution is -2.51. The van der Waals surface area contributed by atoms with Gasteiger partial charge in [-0.3, -0.25) is 9.69 Å². The molecule has 2 aliphatic heterocycles. The van der Waals surface area contributed by atoms with E-state index in [1.54, 1.807) is 0 Å². The maximum Gasteiger partial charge on any atom is 0.236 e. The lowest BCUT2D eigenvalue weighted by Gasteiger charge is -2.38. The number of likely N-dealkylation sites (tertiary alicyclic amines) is 2. The first-order valence-corrected chi connectivity index (χ1v) is 7.46. The first kappa shape index (κ1) is 13.8. The van der Waals surface area contributed by atoms with E-state index in [1.165, 1.54) is 19.3 Å². The maximum atomic E-state index is 12.4. The fourth-order valence-electron chi connectivity index (χ4n) is 3.27. The second-order valence-corrected chi connectivity index (χ2v) is 5.79. The van der Waals surface area contributed by atoms with Gasteiger partial charge in [-0.2, -0.15) is 0 Å². The number of amides is 1. The van der Waals surface area contributed by atoms with Gasteiger partial charge in [0.05, 0.1) is 6.54 Å². The van der Waals surface area contributed by atoms with Gasteiger partial charge in [0.2, 0.25) is 5.91 Å². The van der Waals surface area contributed by atoms with Gasteiger partial charge in [0.1, 0.15) is 0 Å².